The number of hydrogen-bond acceptors (Lipinski definition) is 4. The summed E-state index contributed by atoms with van der Waals surface area (Å²) >= 11 is 0. The van der Waals surface area contributed by atoms with Gasteiger partial charge in [0.15, 0.2) is 0 Å². The van der Waals surface area contributed by atoms with Gasteiger partial charge in [-0.1, -0.05) is 13.8 Å². The smallest absolute Gasteiger partial charge is 0.0597 e. The molecule has 2 aliphatic rings. The number of nitrogens with zero attached hydrogens (tertiary/aromatic N) is 2. The van der Waals surface area contributed by atoms with Gasteiger partial charge in [0, 0.05) is 50.8 Å². The first-order valence-corrected chi connectivity index (χ1v) is 7.02. The van der Waals surface area contributed by atoms with Crippen LogP contribution < -0.4 is 5.32 Å². The van der Waals surface area contributed by atoms with Gasteiger partial charge in [-0.2, -0.15) is 0 Å². The van der Waals surface area contributed by atoms with Crippen molar-refractivity contribution in [2.45, 2.75) is 44.8 Å². The number of aliphatic hydroxyl groups is 1. The van der Waals surface area contributed by atoms with Crippen LogP contribution in [0.2, 0.25) is 0 Å². The van der Waals surface area contributed by atoms with Crippen LogP contribution in [-0.4, -0.2) is 72.4 Å². The minimum atomic E-state index is 0.225. The fourth-order valence-corrected chi connectivity index (χ4v) is 2.70. The van der Waals surface area contributed by atoms with Crippen LogP contribution in [0.25, 0.3) is 0 Å². The molecule has 100 valence electrons. The van der Waals surface area contributed by atoms with Crippen LogP contribution in [0.3, 0.4) is 0 Å². The second-order valence-corrected chi connectivity index (χ2v) is 5.77. The number of aliphatic hydroxyl groups excluding tert-OH is 1. The average Bonchev–Trinajstić information content (AvgIpc) is 3.12. The molecule has 0 bridgehead atoms. The molecule has 2 N–H and O–H groups in total. The lowest BCUT2D eigenvalue weighted by atomic mass is 10.2. The molecule has 2 rings (SSSR count). The van der Waals surface area contributed by atoms with Crippen molar-refractivity contribution in [2.75, 3.05) is 39.3 Å². The van der Waals surface area contributed by atoms with Gasteiger partial charge in [-0.3, -0.25) is 9.80 Å². The van der Waals surface area contributed by atoms with E-state index in [0.717, 1.165) is 25.7 Å². The Hall–Kier alpha value is -0.160. The summed E-state index contributed by atoms with van der Waals surface area (Å²) in [5.41, 5.74) is 0. The number of piperazine rings is 1. The third-order valence-corrected chi connectivity index (χ3v) is 3.74. The van der Waals surface area contributed by atoms with Crippen molar-refractivity contribution in [1.29, 1.82) is 0 Å². The van der Waals surface area contributed by atoms with Gasteiger partial charge in [0.2, 0.25) is 0 Å². The van der Waals surface area contributed by atoms with Crippen molar-refractivity contribution in [2.24, 2.45) is 0 Å². The largest absolute Gasteiger partial charge is 0.395 e. The molecule has 4 nitrogen and oxygen atoms in total. The zero-order valence-corrected chi connectivity index (χ0v) is 11.2. The van der Waals surface area contributed by atoms with Crippen LogP contribution in [0.4, 0.5) is 0 Å². The summed E-state index contributed by atoms with van der Waals surface area (Å²) in [5, 5.41) is 12.8. The van der Waals surface area contributed by atoms with Crippen LogP contribution in [0, 0.1) is 0 Å². The molecule has 1 aliphatic carbocycles. The van der Waals surface area contributed by atoms with Crippen molar-refractivity contribution < 1.29 is 5.11 Å². The summed E-state index contributed by atoms with van der Waals surface area (Å²) in [6, 6.07) is 1.57. The van der Waals surface area contributed by atoms with Crippen molar-refractivity contribution >= 4 is 0 Å². The van der Waals surface area contributed by atoms with E-state index in [1.54, 1.807) is 0 Å². The normalized spacial score (nSPS) is 25.4. The predicted molar refractivity (Wildman–Crippen MR) is 70.2 cm³/mol. The van der Waals surface area contributed by atoms with E-state index in [0.29, 0.717) is 6.04 Å². The van der Waals surface area contributed by atoms with E-state index in [4.69, 9.17) is 0 Å². The van der Waals surface area contributed by atoms with E-state index < -0.39 is 0 Å². The highest BCUT2D eigenvalue weighted by atomic mass is 16.3. The molecule has 1 atom stereocenters. The van der Waals surface area contributed by atoms with E-state index in [1.165, 1.54) is 25.9 Å². The van der Waals surface area contributed by atoms with Gasteiger partial charge in [0.1, 0.15) is 0 Å². The molecule has 2 fully saturated rings. The van der Waals surface area contributed by atoms with Gasteiger partial charge in [-0.05, 0) is 12.8 Å². The molecular weight excluding hydrogens is 214 g/mol. The quantitative estimate of drug-likeness (QED) is 0.693. The van der Waals surface area contributed by atoms with Crippen molar-refractivity contribution in [3.8, 4) is 0 Å². The highest BCUT2D eigenvalue weighted by molar-refractivity contribution is 4.88. The number of nitrogens with one attached hydrogen (secondary N) is 1. The SMILES string of the molecule is CC(C)NC(CO)CN1CCN(C2CC2)CC1. The molecule has 0 spiro atoms. The monoisotopic (exact) mass is 241 g/mol. The van der Waals surface area contributed by atoms with Gasteiger partial charge in [0.25, 0.3) is 0 Å². The highest BCUT2D eigenvalue weighted by Crippen LogP contribution is 2.27. The lowest BCUT2D eigenvalue weighted by Crippen LogP contribution is -2.52. The maximum atomic E-state index is 9.36. The van der Waals surface area contributed by atoms with Crippen molar-refractivity contribution in [3.63, 3.8) is 0 Å². The van der Waals surface area contributed by atoms with E-state index in [9.17, 15) is 5.11 Å². The van der Waals surface area contributed by atoms with Crippen LogP contribution >= 0.6 is 0 Å². The molecule has 0 aromatic rings. The fraction of sp³-hybridized carbons (Fsp3) is 1.00. The topological polar surface area (TPSA) is 38.7 Å². The van der Waals surface area contributed by atoms with E-state index in [-0.39, 0.29) is 12.6 Å². The third kappa shape index (κ3) is 4.21. The first kappa shape index (κ1) is 13.3. The summed E-state index contributed by atoms with van der Waals surface area (Å²) in [6.45, 7) is 10.2. The standard InChI is InChI=1S/C13H27N3O/c1-11(2)14-12(10-17)9-15-5-7-16(8-6-15)13-3-4-13/h11-14,17H,3-10H2,1-2H3. The molecular formula is C13H27N3O. The van der Waals surface area contributed by atoms with E-state index in [2.05, 4.69) is 29.0 Å². The van der Waals surface area contributed by atoms with Gasteiger partial charge < -0.3 is 10.4 Å². The summed E-state index contributed by atoms with van der Waals surface area (Å²) in [7, 11) is 0. The van der Waals surface area contributed by atoms with E-state index >= 15 is 0 Å². The maximum Gasteiger partial charge on any atom is 0.0597 e. The Morgan fingerprint density at radius 3 is 2.29 bits per heavy atom. The lowest BCUT2D eigenvalue weighted by molar-refractivity contribution is 0.104. The average molecular weight is 241 g/mol. The zero-order chi connectivity index (χ0) is 12.3. The molecule has 0 aromatic carbocycles. The van der Waals surface area contributed by atoms with Crippen LogP contribution in [0.15, 0.2) is 0 Å². The fourth-order valence-electron chi connectivity index (χ4n) is 2.70. The lowest BCUT2D eigenvalue weighted by Gasteiger charge is -2.36. The van der Waals surface area contributed by atoms with Crippen molar-refractivity contribution in [3.05, 3.63) is 0 Å². The minimum absolute atomic E-state index is 0.225. The van der Waals surface area contributed by atoms with E-state index in [1.807, 2.05) is 0 Å². The molecule has 1 aliphatic heterocycles. The Balaban J connectivity index is 1.68. The van der Waals surface area contributed by atoms with Gasteiger partial charge >= 0.3 is 0 Å². The van der Waals surface area contributed by atoms with Gasteiger partial charge in [-0.15, -0.1) is 0 Å². The summed E-state index contributed by atoms with van der Waals surface area (Å²) < 4.78 is 0. The number of rotatable bonds is 6. The molecule has 1 heterocycles. The predicted octanol–water partition coefficient (Wildman–Crippen LogP) is 0.125. The van der Waals surface area contributed by atoms with Gasteiger partial charge in [0.05, 0.1) is 6.61 Å². The molecule has 4 heteroatoms. The molecule has 1 saturated heterocycles. The third-order valence-electron chi connectivity index (χ3n) is 3.74. The number of hydrogen-bond donors (Lipinski definition) is 2. The maximum absolute atomic E-state index is 9.36. The summed E-state index contributed by atoms with van der Waals surface area (Å²) in [6.07, 6.45) is 2.82. The summed E-state index contributed by atoms with van der Waals surface area (Å²) in [5.74, 6) is 0. The molecule has 1 unspecified atom stereocenters. The highest BCUT2D eigenvalue weighted by Gasteiger charge is 2.31. The Morgan fingerprint density at radius 1 is 1.18 bits per heavy atom. The Labute approximate surface area is 105 Å². The molecule has 1 saturated carbocycles. The van der Waals surface area contributed by atoms with Crippen molar-refractivity contribution in [1.82, 2.24) is 15.1 Å². The Bertz CT molecular complexity index is 223. The van der Waals surface area contributed by atoms with Crippen LogP contribution in [0.1, 0.15) is 26.7 Å². The van der Waals surface area contributed by atoms with Gasteiger partial charge in [-0.25, -0.2) is 0 Å². The molecule has 0 radical (unpaired) electrons. The zero-order valence-electron chi connectivity index (χ0n) is 11.2. The molecule has 0 amide bonds. The van der Waals surface area contributed by atoms with Crippen LogP contribution in [0.5, 0.6) is 0 Å². The molecule has 0 aromatic heterocycles. The minimum Gasteiger partial charge on any atom is -0.395 e. The summed E-state index contributed by atoms with van der Waals surface area (Å²) in [4.78, 5) is 5.11. The first-order valence-electron chi connectivity index (χ1n) is 7.02. The Morgan fingerprint density at radius 2 is 1.82 bits per heavy atom. The molecule has 17 heavy (non-hydrogen) atoms. The second kappa shape index (κ2) is 6.14. The Kier molecular flexibility index (Phi) is 4.79. The second-order valence-electron chi connectivity index (χ2n) is 5.77. The van der Waals surface area contributed by atoms with Crippen LogP contribution in [-0.2, 0) is 0 Å². The first-order chi connectivity index (χ1) is 8.19.